The Bertz CT molecular complexity index is 546. The first kappa shape index (κ1) is 12.4. The maximum absolute atomic E-state index is 11.3. The largest absolute Gasteiger partial charge is 0.479 e. The lowest BCUT2D eigenvalue weighted by atomic mass is 10.1. The first-order valence-corrected chi connectivity index (χ1v) is 5.69. The minimum atomic E-state index is -0.969. The molecular weight excluding hydrogens is 252 g/mol. The Morgan fingerprint density at radius 2 is 2.17 bits per heavy atom. The molecule has 1 aromatic heterocycles. The molecule has 0 radical (unpaired) electrons. The molecule has 92 valence electrons. The number of benzene rings is 1. The molecule has 1 unspecified atom stereocenters. The molecule has 1 heterocycles. The van der Waals surface area contributed by atoms with Gasteiger partial charge >= 0.3 is 5.97 Å². The fourth-order valence-corrected chi connectivity index (χ4v) is 1.77. The highest BCUT2D eigenvalue weighted by Crippen LogP contribution is 2.21. The molecule has 0 spiro atoms. The SMILES string of the molecule is O=C(O)C(Nc1cccc(Cl)c1)c1cccnc1. The Morgan fingerprint density at radius 3 is 2.78 bits per heavy atom. The molecule has 2 aromatic rings. The van der Waals surface area contributed by atoms with E-state index in [-0.39, 0.29) is 0 Å². The molecule has 0 aliphatic carbocycles. The Hall–Kier alpha value is -2.07. The Balaban J connectivity index is 2.25. The summed E-state index contributed by atoms with van der Waals surface area (Å²) in [6.07, 6.45) is 3.12. The summed E-state index contributed by atoms with van der Waals surface area (Å²) < 4.78 is 0. The van der Waals surface area contributed by atoms with Gasteiger partial charge in [0.2, 0.25) is 0 Å². The second-order valence-electron chi connectivity index (χ2n) is 3.71. The number of hydrogen-bond donors (Lipinski definition) is 2. The summed E-state index contributed by atoms with van der Waals surface area (Å²) in [7, 11) is 0. The Morgan fingerprint density at radius 1 is 1.33 bits per heavy atom. The fourth-order valence-electron chi connectivity index (χ4n) is 1.58. The highest BCUT2D eigenvalue weighted by molar-refractivity contribution is 6.30. The van der Waals surface area contributed by atoms with Crippen LogP contribution in [0.15, 0.2) is 48.8 Å². The molecule has 0 fully saturated rings. The zero-order chi connectivity index (χ0) is 13.0. The van der Waals surface area contributed by atoms with E-state index in [9.17, 15) is 9.90 Å². The molecule has 0 amide bonds. The molecule has 0 saturated carbocycles. The van der Waals surface area contributed by atoms with Crippen molar-refractivity contribution in [2.75, 3.05) is 5.32 Å². The molecule has 2 rings (SSSR count). The van der Waals surface area contributed by atoms with E-state index in [1.807, 2.05) is 0 Å². The average molecular weight is 263 g/mol. The van der Waals surface area contributed by atoms with Crippen LogP contribution in [0.2, 0.25) is 5.02 Å². The number of hydrogen-bond acceptors (Lipinski definition) is 3. The van der Waals surface area contributed by atoms with E-state index in [1.54, 1.807) is 42.6 Å². The van der Waals surface area contributed by atoms with Crippen LogP contribution >= 0.6 is 11.6 Å². The first-order chi connectivity index (χ1) is 8.66. The van der Waals surface area contributed by atoms with Gasteiger partial charge in [-0.05, 0) is 24.3 Å². The number of anilines is 1. The van der Waals surface area contributed by atoms with E-state index in [0.717, 1.165) is 0 Å². The second-order valence-corrected chi connectivity index (χ2v) is 4.15. The van der Waals surface area contributed by atoms with Gasteiger partial charge in [0.25, 0.3) is 0 Å². The molecule has 0 saturated heterocycles. The zero-order valence-corrected chi connectivity index (χ0v) is 10.1. The lowest BCUT2D eigenvalue weighted by Crippen LogP contribution is -2.20. The van der Waals surface area contributed by atoms with Crippen LogP contribution in [0.5, 0.6) is 0 Å². The van der Waals surface area contributed by atoms with Gasteiger partial charge in [-0.2, -0.15) is 0 Å². The predicted molar refractivity (Wildman–Crippen MR) is 69.7 cm³/mol. The molecule has 1 atom stereocenters. The van der Waals surface area contributed by atoms with Gasteiger partial charge in [0.15, 0.2) is 6.04 Å². The van der Waals surface area contributed by atoms with Crippen molar-refractivity contribution in [3.63, 3.8) is 0 Å². The zero-order valence-electron chi connectivity index (χ0n) is 9.38. The molecule has 0 bridgehead atoms. The number of carbonyl (C=O) groups is 1. The van der Waals surface area contributed by atoms with Crippen molar-refractivity contribution >= 4 is 23.3 Å². The number of nitrogens with zero attached hydrogens (tertiary/aromatic N) is 1. The first-order valence-electron chi connectivity index (χ1n) is 5.31. The standard InChI is InChI=1S/C13H11ClN2O2/c14-10-4-1-5-11(7-10)16-12(13(17)18)9-3-2-6-15-8-9/h1-8,12,16H,(H,17,18). The minimum absolute atomic E-state index is 0.551. The van der Waals surface area contributed by atoms with Crippen molar-refractivity contribution in [3.8, 4) is 0 Å². The van der Waals surface area contributed by atoms with Crippen molar-refractivity contribution in [2.24, 2.45) is 0 Å². The predicted octanol–water partition coefficient (Wildman–Crippen LogP) is 2.97. The van der Waals surface area contributed by atoms with Gasteiger partial charge in [-0.1, -0.05) is 23.7 Å². The van der Waals surface area contributed by atoms with Crippen LogP contribution in [-0.2, 0) is 4.79 Å². The van der Waals surface area contributed by atoms with E-state index in [1.165, 1.54) is 6.20 Å². The smallest absolute Gasteiger partial charge is 0.330 e. The normalized spacial score (nSPS) is 11.8. The van der Waals surface area contributed by atoms with Crippen LogP contribution in [0.4, 0.5) is 5.69 Å². The molecule has 18 heavy (non-hydrogen) atoms. The molecule has 1 aromatic carbocycles. The number of carboxylic acid groups (broad SMARTS) is 1. The van der Waals surface area contributed by atoms with Gasteiger partial charge in [-0.25, -0.2) is 4.79 Å². The van der Waals surface area contributed by atoms with Crippen LogP contribution < -0.4 is 5.32 Å². The number of rotatable bonds is 4. The monoisotopic (exact) mass is 262 g/mol. The number of aliphatic carboxylic acids is 1. The molecule has 0 aliphatic rings. The highest BCUT2D eigenvalue weighted by Gasteiger charge is 2.19. The van der Waals surface area contributed by atoms with E-state index in [0.29, 0.717) is 16.3 Å². The fraction of sp³-hybridized carbons (Fsp3) is 0.0769. The van der Waals surface area contributed by atoms with Crippen LogP contribution in [0.1, 0.15) is 11.6 Å². The van der Waals surface area contributed by atoms with E-state index in [4.69, 9.17) is 11.6 Å². The number of aromatic nitrogens is 1. The number of halogens is 1. The van der Waals surface area contributed by atoms with Crippen molar-refractivity contribution in [3.05, 3.63) is 59.4 Å². The van der Waals surface area contributed by atoms with Crippen molar-refractivity contribution in [1.29, 1.82) is 0 Å². The minimum Gasteiger partial charge on any atom is -0.479 e. The topological polar surface area (TPSA) is 62.2 Å². The third-order valence-corrected chi connectivity index (χ3v) is 2.64. The maximum atomic E-state index is 11.3. The quantitative estimate of drug-likeness (QED) is 0.889. The number of carboxylic acids is 1. The van der Waals surface area contributed by atoms with E-state index < -0.39 is 12.0 Å². The molecule has 0 aliphatic heterocycles. The van der Waals surface area contributed by atoms with Gasteiger partial charge in [0.1, 0.15) is 0 Å². The van der Waals surface area contributed by atoms with Crippen LogP contribution in [0, 0.1) is 0 Å². The number of pyridine rings is 1. The summed E-state index contributed by atoms with van der Waals surface area (Å²) >= 11 is 5.85. The lowest BCUT2D eigenvalue weighted by Gasteiger charge is -2.15. The van der Waals surface area contributed by atoms with Gasteiger partial charge in [-0.15, -0.1) is 0 Å². The molecule has 2 N–H and O–H groups in total. The van der Waals surface area contributed by atoms with E-state index >= 15 is 0 Å². The summed E-state index contributed by atoms with van der Waals surface area (Å²) in [6, 6.07) is 9.48. The summed E-state index contributed by atoms with van der Waals surface area (Å²) in [6.45, 7) is 0. The Kier molecular flexibility index (Phi) is 3.79. The maximum Gasteiger partial charge on any atom is 0.330 e. The van der Waals surface area contributed by atoms with Crippen LogP contribution in [0.25, 0.3) is 0 Å². The highest BCUT2D eigenvalue weighted by atomic mass is 35.5. The van der Waals surface area contributed by atoms with Crippen molar-refractivity contribution in [2.45, 2.75) is 6.04 Å². The van der Waals surface area contributed by atoms with Crippen LogP contribution in [-0.4, -0.2) is 16.1 Å². The summed E-state index contributed by atoms with van der Waals surface area (Å²) in [5, 5.41) is 12.7. The number of nitrogens with one attached hydrogen (secondary N) is 1. The van der Waals surface area contributed by atoms with Gasteiger partial charge in [0.05, 0.1) is 0 Å². The average Bonchev–Trinajstić information content (AvgIpc) is 2.37. The lowest BCUT2D eigenvalue weighted by molar-refractivity contribution is -0.138. The van der Waals surface area contributed by atoms with Crippen molar-refractivity contribution < 1.29 is 9.90 Å². The third kappa shape index (κ3) is 2.99. The molecule has 5 heteroatoms. The van der Waals surface area contributed by atoms with E-state index in [2.05, 4.69) is 10.3 Å². The molecular formula is C13H11ClN2O2. The summed E-state index contributed by atoms with van der Waals surface area (Å²) in [4.78, 5) is 15.2. The van der Waals surface area contributed by atoms with Gasteiger partial charge in [0, 0.05) is 28.7 Å². The third-order valence-electron chi connectivity index (χ3n) is 2.40. The summed E-state index contributed by atoms with van der Waals surface area (Å²) in [5.41, 5.74) is 1.24. The van der Waals surface area contributed by atoms with Crippen molar-refractivity contribution in [1.82, 2.24) is 4.98 Å². The van der Waals surface area contributed by atoms with Gasteiger partial charge in [-0.3, -0.25) is 4.98 Å². The van der Waals surface area contributed by atoms with Gasteiger partial charge < -0.3 is 10.4 Å². The second kappa shape index (κ2) is 5.51. The summed E-state index contributed by atoms with van der Waals surface area (Å²) in [5.74, 6) is -0.969. The molecule has 4 nitrogen and oxygen atoms in total. The van der Waals surface area contributed by atoms with Crippen LogP contribution in [0.3, 0.4) is 0 Å². The Labute approximate surface area is 109 Å².